The molecule has 3 aliphatic rings. The van der Waals surface area contributed by atoms with Crippen LogP contribution in [-0.2, 0) is 18.9 Å². The molecule has 2 aliphatic heterocycles. The van der Waals surface area contributed by atoms with Gasteiger partial charge in [-0.05, 0) is 0 Å². The molecule has 6 nitrogen and oxygen atoms in total. The average molecular weight is 373 g/mol. The second-order valence-corrected chi connectivity index (χ2v) is 9.37. The molecule has 26 heavy (non-hydrogen) atoms. The van der Waals surface area contributed by atoms with E-state index in [0.29, 0.717) is 0 Å². The molecule has 1 aliphatic carbocycles. The third-order valence-corrected chi connectivity index (χ3v) is 6.49. The van der Waals surface area contributed by atoms with E-state index in [-0.39, 0.29) is 23.7 Å². The number of rotatable bonds is 4. The Morgan fingerprint density at radius 3 is 0.846 bits per heavy atom. The molecule has 0 amide bonds. The highest BCUT2D eigenvalue weighted by Gasteiger charge is 2.67. The first-order chi connectivity index (χ1) is 12.0. The molecule has 2 saturated heterocycles. The molecule has 6 heteroatoms. The molecule has 152 valence electrons. The fourth-order valence-electron chi connectivity index (χ4n) is 5.03. The Morgan fingerprint density at radius 1 is 0.500 bits per heavy atom. The summed E-state index contributed by atoms with van der Waals surface area (Å²) in [4.78, 5) is 0. The monoisotopic (exact) mass is 372 g/mol. The molecule has 0 bridgehead atoms. The van der Waals surface area contributed by atoms with Crippen molar-refractivity contribution in [2.24, 2.45) is 23.7 Å². The van der Waals surface area contributed by atoms with Crippen molar-refractivity contribution in [1.29, 1.82) is 0 Å². The van der Waals surface area contributed by atoms with Gasteiger partial charge in [0.15, 0.2) is 11.6 Å². The van der Waals surface area contributed by atoms with E-state index in [4.69, 9.17) is 18.9 Å². The third-order valence-electron chi connectivity index (χ3n) is 6.49. The number of hydrogen-bond acceptors (Lipinski definition) is 6. The third kappa shape index (κ3) is 2.68. The lowest BCUT2D eigenvalue weighted by molar-refractivity contribution is -0.258. The lowest BCUT2D eigenvalue weighted by Gasteiger charge is -2.38. The summed E-state index contributed by atoms with van der Waals surface area (Å²) in [5.74, 6) is -1.33. The van der Waals surface area contributed by atoms with Gasteiger partial charge in [0.25, 0.3) is 0 Å². The van der Waals surface area contributed by atoms with Crippen LogP contribution >= 0.6 is 0 Å². The normalized spacial score (nSPS) is 41.3. The number of hydrogen-bond donors (Lipinski definition) is 2. The summed E-state index contributed by atoms with van der Waals surface area (Å²) in [7, 11) is 0. The van der Waals surface area contributed by atoms with Crippen molar-refractivity contribution in [2.75, 3.05) is 0 Å². The van der Waals surface area contributed by atoms with Crippen LogP contribution in [0.25, 0.3) is 0 Å². The fraction of sp³-hybridized carbons (Fsp3) is 1.00. The second-order valence-electron chi connectivity index (χ2n) is 9.37. The Labute approximate surface area is 157 Å². The van der Waals surface area contributed by atoms with Gasteiger partial charge < -0.3 is 29.2 Å². The molecular weight excluding hydrogens is 336 g/mol. The summed E-state index contributed by atoms with van der Waals surface area (Å²) in [6.45, 7) is 16.3. The van der Waals surface area contributed by atoms with Crippen LogP contribution in [0.4, 0.5) is 0 Å². The summed E-state index contributed by atoms with van der Waals surface area (Å²) in [6.07, 6.45) is -4.34. The molecular formula is C20H36O6. The second kappa shape index (κ2) is 6.68. The number of fused-ring (bicyclic) bond motifs is 2. The molecule has 0 aromatic carbocycles. The highest BCUT2D eigenvalue weighted by atomic mass is 16.8. The van der Waals surface area contributed by atoms with Gasteiger partial charge in [-0.3, -0.25) is 0 Å². The summed E-state index contributed by atoms with van der Waals surface area (Å²) >= 11 is 0. The molecule has 0 unspecified atom stereocenters. The maximum atomic E-state index is 11.0. The van der Waals surface area contributed by atoms with E-state index in [1.54, 1.807) is 0 Å². The molecule has 0 spiro atoms. The first-order valence-corrected chi connectivity index (χ1v) is 10.0. The lowest BCUT2D eigenvalue weighted by Crippen LogP contribution is -2.61. The predicted molar refractivity (Wildman–Crippen MR) is 96.3 cm³/mol. The van der Waals surface area contributed by atoms with Gasteiger partial charge in [0.2, 0.25) is 0 Å². The first-order valence-electron chi connectivity index (χ1n) is 10.0. The Bertz CT molecular complexity index is 426. The Balaban J connectivity index is 1.91. The van der Waals surface area contributed by atoms with E-state index in [1.807, 2.05) is 55.4 Å². The zero-order valence-corrected chi connectivity index (χ0v) is 17.3. The van der Waals surface area contributed by atoms with Crippen LogP contribution in [0, 0.1) is 23.7 Å². The van der Waals surface area contributed by atoms with Crippen molar-refractivity contribution in [3.63, 3.8) is 0 Å². The van der Waals surface area contributed by atoms with E-state index in [0.717, 1.165) is 0 Å². The van der Waals surface area contributed by atoms with Crippen LogP contribution < -0.4 is 0 Å². The quantitative estimate of drug-likeness (QED) is 0.789. The van der Waals surface area contributed by atoms with Crippen LogP contribution in [0.1, 0.15) is 55.4 Å². The van der Waals surface area contributed by atoms with Gasteiger partial charge >= 0.3 is 0 Å². The Morgan fingerprint density at radius 2 is 0.692 bits per heavy atom. The summed E-state index contributed by atoms with van der Waals surface area (Å²) in [5.41, 5.74) is 0. The van der Waals surface area contributed by atoms with Gasteiger partial charge in [0.05, 0.1) is 0 Å². The Hall–Kier alpha value is -0.240. The smallest absolute Gasteiger partial charge is 0.174 e. The van der Waals surface area contributed by atoms with E-state index in [9.17, 15) is 10.2 Å². The van der Waals surface area contributed by atoms with E-state index in [1.165, 1.54) is 0 Å². The van der Waals surface area contributed by atoms with E-state index >= 15 is 0 Å². The molecule has 0 aromatic rings. The molecule has 1 saturated carbocycles. The lowest BCUT2D eigenvalue weighted by atomic mass is 9.85. The van der Waals surface area contributed by atoms with Crippen LogP contribution in [-0.4, -0.2) is 58.4 Å². The van der Waals surface area contributed by atoms with Gasteiger partial charge in [-0.2, -0.15) is 0 Å². The molecule has 0 aromatic heterocycles. The minimum Gasteiger partial charge on any atom is -0.387 e. The minimum atomic E-state index is -0.910. The highest BCUT2D eigenvalue weighted by Crippen LogP contribution is 2.51. The maximum absolute atomic E-state index is 11.0. The van der Waals surface area contributed by atoms with Crippen LogP contribution in [0.5, 0.6) is 0 Å². The SMILES string of the molecule is CC(C)C1(C(C)C)O[C@@H]2[C@@H](O)[C@@H]3OC(C(C)C)(C(C)C)O[C@H]3[C@H](O)[C@@H]2O1. The topological polar surface area (TPSA) is 77.4 Å². The van der Waals surface area contributed by atoms with Crippen molar-refractivity contribution in [2.45, 2.75) is 104 Å². The van der Waals surface area contributed by atoms with Gasteiger partial charge in [-0.25, -0.2) is 0 Å². The molecule has 2 heterocycles. The zero-order valence-electron chi connectivity index (χ0n) is 17.3. The predicted octanol–water partition coefficient (Wildman–Crippen LogP) is 2.31. The van der Waals surface area contributed by atoms with Gasteiger partial charge in [-0.1, -0.05) is 55.4 Å². The summed E-state index contributed by atoms with van der Waals surface area (Å²) in [6, 6.07) is 0. The minimum absolute atomic E-state index is 0.0830. The standard InChI is InChI=1S/C20H36O6/c1-9(2)19(10(3)4)23-15-13(21)17-18(14(22)16(15)24-19)26-20(25-17,11(5)6)12(7)8/h9-18,21-22H,1-8H3/t13-,14-,15-,16-,17-,18+/m0/s1. The van der Waals surface area contributed by atoms with Gasteiger partial charge in [0.1, 0.15) is 36.6 Å². The van der Waals surface area contributed by atoms with Crippen molar-refractivity contribution in [1.82, 2.24) is 0 Å². The molecule has 0 radical (unpaired) electrons. The average Bonchev–Trinajstić information content (AvgIpc) is 3.14. The molecule has 6 atom stereocenters. The Kier molecular flexibility index (Phi) is 5.26. The molecule has 3 rings (SSSR count). The summed E-state index contributed by atoms with van der Waals surface area (Å²) in [5, 5.41) is 22.1. The number of aliphatic hydroxyl groups is 2. The zero-order chi connectivity index (χ0) is 19.6. The molecule has 2 N–H and O–H groups in total. The van der Waals surface area contributed by atoms with Crippen LogP contribution in [0.2, 0.25) is 0 Å². The number of aliphatic hydroxyl groups excluding tert-OH is 2. The van der Waals surface area contributed by atoms with Crippen LogP contribution in [0.3, 0.4) is 0 Å². The summed E-state index contributed by atoms with van der Waals surface area (Å²) < 4.78 is 25.2. The van der Waals surface area contributed by atoms with E-state index < -0.39 is 48.2 Å². The van der Waals surface area contributed by atoms with Crippen molar-refractivity contribution >= 4 is 0 Å². The largest absolute Gasteiger partial charge is 0.387 e. The maximum Gasteiger partial charge on any atom is 0.174 e. The van der Waals surface area contributed by atoms with E-state index in [2.05, 4.69) is 0 Å². The number of ether oxygens (including phenoxy) is 4. The first kappa shape index (κ1) is 20.5. The van der Waals surface area contributed by atoms with Crippen LogP contribution in [0.15, 0.2) is 0 Å². The molecule has 3 fully saturated rings. The van der Waals surface area contributed by atoms with Gasteiger partial charge in [0, 0.05) is 23.7 Å². The fourth-order valence-corrected chi connectivity index (χ4v) is 5.03. The van der Waals surface area contributed by atoms with Gasteiger partial charge in [-0.15, -0.1) is 0 Å². The van der Waals surface area contributed by atoms with Crippen molar-refractivity contribution < 1.29 is 29.2 Å². The van der Waals surface area contributed by atoms with Crippen molar-refractivity contribution in [3.05, 3.63) is 0 Å². The van der Waals surface area contributed by atoms with Crippen molar-refractivity contribution in [3.8, 4) is 0 Å². The highest BCUT2D eigenvalue weighted by molar-refractivity contribution is 5.10.